The molecule has 0 aliphatic carbocycles. The summed E-state index contributed by atoms with van der Waals surface area (Å²) in [6.07, 6.45) is 3.85. The van der Waals surface area contributed by atoms with Crippen molar-refractivity contribution in [2.45, 2.75) is 25.8 Å². The molecule has 1 unspecified atom stereocenters. The molecule has 1 atom stereocenters. The molecule has 0 saturated carbocycles. The summed E-state index contributed by atoms with van der Waals surface area (Å²) in [5.74, 6) is -0.918. The second-order valence-corrected chi connectivity index (χ2v) is 5.15. The number of likely N-dealkylation sites (tertiary alicyclic amines) is 1. The maximum atomic E-state index is 14.0. The molecule has 0 radical (unpaired) electrons. The van der Waals surface area contributed by atoms with Crippen molar-refractivity contribution in [2.75, 3.05) is 32.0 Å². The number of carbonyl (C=O) groups excluding carboxylic acids is 1. The third-order valence-electron chi connectivity index (χ3n) is 3.48. The molecule has 1 aromatic heterocycles. The van der Waals surface area contributed by atoms with Crippen LogP contribution in [0, 0.1) is 5.82 Å². The van der Waals surface area contributed by atoms with Crippen LogP contribution in [0.25, 0.3) is 0 Å². The van der Waals surface area contributed by atoms with Crippen LogP contribution in [0.2, 0.25) is 0 Å². The number of hydrogen-bond acceptors (Lipinski definition) is 4. The molecule has 5 nitrogen and oxygen atoms in total. The molecular formula is C14H21FN4O. The largest absolute Gasteiger partial charge is 0.371 e. The maximum Gasteiger partial charge on any atom is 0.254 e. The lowest BCUT2D eigenvalue weighted by molar-refractivity contribution is 0.0928. The van der Waals surface area contributed by atoms with Gasteiger partial charge in [0.15, 0.2) is 11.6 Å². The summed E-state index contributed by atoms with van der Waals surface area (Å²) in [6.45, 7) is 4.90. The molecule has 1 aromatic rings. The van der Waals surface area contributed by atoms with Gasteiger partial charge in [0, 0.05) is 25.8 Å². The van der Waals surface area contributed by atoms with Crippen LogP contribution in [-0.4, -0.2) is 48.5 Å². The minimum absolute atomic E-state index is 0.00815. The number of rotatable bonds is 5. The SMILES string of the molecule is CNc1nccc(C(=O)NC(C)CN2CCCC2)c1F. The Labute approximate surface area is 118 Å². The van der Waals surface area contributed by atoms with Crippen LogP contribution in [0.3, 0.4) is 0 Å². The summed E-state index contributed by atoms with van der Waals surface area (Å²) >= 11 is 0. The molecule has 2 heterocycles. The van der Waals surface area contributed by atoms with E-state index in [9.17, 15) is 9.18 Å². The quantitative estimate of drug-likeness (QED) is 0.857. The summed E-state index contributed by atoms with van der Waals surface area (Å²) in [7, 11) is 1.57. The predicted molar refractivity (Wildman–Crippen MR) is 76.3 cm³/mol. The fourth-order valence-corrected chi connectivity index (χ4v) is 2.49. The second kappa shape index (κ2) is 6.65. The van der Waals surface area contributed by atoms with Gasteiger partial charge >= 0.3 is 0 Å². The number of hydrogen-bond donors (Lipinski definition) is 2. The van der Waals surface area contributed by atoms with E-state index in [1.807, 2.05) is 6.92 Å². The average Bonchev–Trinajstić information content (AvgIpc) is 2.91. The van der Waals surface area contributed by atoms with Crippen LogP contribution >= 0.6 is 0 Å². The molecule has 0 aromatic carbocycles. The Morgan fingerprint density at radius 2 is 2.20 bits per heavy atom. The molecule has 0 spiro atoms. The van der Waals surface area contributed by atoms with Crippen molar-refractivity contribution >= 4 is 11.7 Å². The van der Waals surface area contributed by atoms with Crippen molar-refractivity contribution in [1.82, 2.24) is 15.2 Å². The number of anilines is 1. The van der Waals surface area contributed by atoms with E-state index in [-0.39, 0.29) is 17.4 Å². The topological polar surface area (TPSA) is 57.3 Å². The van der Waals surface area contributed by atoms with Crippen molar-refractivity contribution in [3.8, 4) is 0 Å². The fourth-order valence-electron chi connectivity index (χ4n) is 2.49. The minimum atomic E-state index is -0.610. The summed E-state index contributed by atoms with van der Waals surface area (Å²) < 4.78 is 14.0. The summed E-state index contributed by atoms with van der Waals surface area (Å²) in [4.78, 5) is 18.2. The van der Waals surface area contributed by atoms with Crippen LogP contribution in [0.4, 0.5) is 10.2 Å². The standard InChI is InChI=1S/C14H21FN4O/c1-10(9-19-7-3-4-8-19)18-14(20)11-5-6-17-13(16-2)12(11)15/h5-6,10H,3-4,7-9H2,1-2H3,(H,16,17)(H,18,20). The number of carbonyl (C=O) groups is 1. The Morgan fingerprint density at radius 1 is 1.50 bits per heavy atom. The Kier molecular flexibility index (Phi) is 4.89. The Bertz CT molecular complexity index is 474. The number of nitrogens with zero attached hydrogens (tertiary/aromatic N) is 2. The maximum absolute atomic E-state index is 14.0. The monoisotopic (exact) mass is 280 g/mol. The van der Waals surface area contributed by atoms with Gasteiger partial charge in [-0.05, 0) is 38.9 Å². The lowest BCUT2D eigenvalue weighted by Crippen LogP contribution is -2.41. The molecule has 0 bridgehead atoms. The van der Waals surface area contributed by atoms with Crippen molar-refractivity contribution in [1.29, 1.82) is 0 Å². The summed E-state index contributed by atoms with van der Waals surface area (Å²) in [5.41, 5.74) is 0.0256. The Morgan fingerprint density at radius 3 is 2.85 bits per heavy atom. The number of nitrogens with one attached hydrogen (secondary N) is 2. The normalized spacial score (nSPS) is 16.9. The zero-order chi connectivity index (χ0) is 14.5. The van der Waals surface area contributed by atoms with Crippen LogP contribution in [-0.2, 0) is 0 Å². The highest BCUT2D eigenvalue weighted by atomic mass is 19.1. The average molecular weight is 280 g/mol. The van der Waals surface area contributed by atoms with Gasteiger partial charge in [0.1, 0.15) is 0 Å². The molecule has 1 fully saturated rings. The van der Waals surface area contributed by atoms with Crippen LogP contribution in [0.5, 0.6) is 0 Å². The van der Waals surface area contributed by atoms with Crippen LogP contribution < -0.4 is 10.6 Å². The molecule has 110 valence electrons. The first-order valence-electron chi connectivity index (χ1n) is 6.97. The molecule has 20 heavy (non-hydrogen) atoms. The van der Waals surface area contributed by atoms with E-state index in [1.165, 1.54) is 25.1 Å². The Hall–Kier alpha value is -1.69. The van der Waals surface area contributed by atoms with Crippen molar-refractivity contribution in [3.63, 3.8) is 0 Å². The van der Waals surface area contributed by atoms with Gasteiger partial charge in [0.25, 0.3) is 5.91 Å². The molecule has 1 amide bonds. The first-order chi connectivity index (χ1) is 9.61. The molecule has 2 N–H and O–H groups in total. The first kappa shape index (κ1) is 14.7. The summed E-state index contributed by atoms with van der Waals surface area (Å²) in [6, 6.07) is 1.39. The van der Waals surface area contributed by atoms with Gasteiger partial charge < -0.3 is 15.5 Å². The third kappa shape index (κ3) is 3.45. The van der Waals surface area contributed by atoms with Crippen LogP contribution in [0.15, 0.2) is 12.3 Å². The first-order valence-corrected chi connectivity index (χ1v) is 6.97. The van der Waals surface area contributed by atoms with Gasteiger partial charge in [-0.25, -0.2) is 9.37 Å². The second-order valence-electron chi connectivity index (χ2n) is 5.15. The van der Waals surface area contributed by atoms with Gasteiger partial charge in [-0.1, -0.05) is 0 Å². The van der Waals surface area contributed by atoms with Gasteiger partial charge in [0.05, 0.1) is 5.56 Å². The summed E-state index contributed by atoms with van der Waals surface area (Å²) in [5, 5.41) is 5.47. The van der Waals surface area contributed by atoms with E-state index in [1.54, 1.807) is 7.05 Å². The number of amides is 1. The van der Waals surface area contributed by atoms with Gasteiger partial charge in [-0.3, -0.25) is 4.79 Å². The van der Waals surface area contributed by atoms with Crippen molar-refractivity contribution in [2.24, 2.45) is 0 Å². The van der Waals surface area contributed by atoms with Crippen molar-refractivity contribution < 1.29 is 9.18 Å². The fraction of sp³-hybridized carbons (Fsp3) is 0.571. The van der Waals surface area contributed by atoms with Crippen molar-refractivity contribution in [3.05, 3.63) is 23.6 Å². The van der Waals surface area contributed by atoms with Gasteiger partial charge in [-0.2, -0.15) is 0 Å². The third-order valence-corrected chi connectivity index (χ3v) is 3.48. The smallest absolute Gasteiger partial charge is 0.254 e. The van der Waals surface area contributed by atoms with Crippen LogP contribution in [0.1, 0.15) is 30.1 Å². The van der Waals surface area contributed by atoms with Gasteiger partial charge in [0.2, 0.25) is 0 Å². The molecule has 1 saturated heterocycles. The highest BCUT2D eigenvalue weighted by Crippen LogP contribution is 2.14. The van der Waals surface area contributed by atoms with E-state index < -0.39 is 11.7 Å². The molecule has 2 rings (SSSR count). The highest BCUT2D eigenvalue weighted by Gasteiger charge is 2.19. The number of halogens is 1. The van der Waals surface area contributed by atoms with E-state index in [2.05, 4.69) is 20.5 Å². The molecular weight excluding hydrogens is 259 g/mol. The lowest BCUT2D eigenvalue weighted by atomic mass is 10.2. The van der Waals surface area contributed by atoms with E-state index in [0.29, 0.717) is 0 Å². The Balaban J connectivity index is 1.97. The van der Waals surface area contributed by atoms with Gasteiger partial charge in [-0.15, -0.1) is 0 Å². The lowest BCUT2D eigenvalue weighted by Gasteiger charge is -2.21. The van der Waals surface area contributed by atoms with E-state index >= 15 is 0 Å². The number of pyridine rings is 1. The predicted octanol–water partition coefficient (Wildman–Crippen LogP) is 1.48. The molecule has 1 aliphatic heterocycles. The zero-order valence-electron chi connectivity index (χ0n) is 11.9. The van der Waals surface area contributed by atoms with E-state index in [4.69, 9.17) is 0 Å². The number of aromatic nitrogens is 1. The minimum Gasteiger partial charge on any atom is -0.371 e. The van der Waals surface area contributed by atoms with E-state index in [0.717, 1.165) is 19.6 Å². The molecule has 6 heteroatoms. The highest BCUT2D eigenvalue weighted by molar-refractivity contribution is 5.95. The zero-order valence-corrected chi connectivity index (χ0v) is 11.9. The molecule has 1 aliphatic rings.